The lowest BCUT2D eigenvalue weighted by atomic mass is 10.1. The summed E-state index contributed by atoms with van der Waals surface area (Å²) in [4.78, 5) is 50.3. The van der Waals surface area contributed by atoms with Gasteiger partial charge in [-0.05, 0) is 31.2 Å². The Labute approximate surface area is 156 Å². The second-order valence-electron chi connectivity index (χ2n) is 6.22. The molecule has 2 aliphatic rings. The molecule has 1 N–H and O–H groups in total. The molecule has 2 fully saturated rings. The summed E-state index contributed by atoms with van der Waals surface area (Å²) in [7, 11) is 0. The highest BCUT2D eigenvalue weighted by atomic mass is 16.5. The van der Waals surface area contributed by atoms with Gasteiger partial charge in [-0.3, -0.25) is 19.3 Å². The minimum atomic E-state index is -0.649. The Morgan fingerprint density at radius 1 is 1.22 bits per heavy atom. The van der Waals surface area contributed by atoms with E-state index in [-0.39, 0.29) is 25.4 Å². The Morgan fingerprint density at radius 3 is 2.59 bits per heavy atom. The number of nitrogens with one attached hydrogen (secondary N) is 1. The zero-order valence-corrected chi connectivity index (χ0v) is 15.0. The average molecular weight is 375 g/mol. The van der Waals surface area contributed by atoms with Crippen molar-refractivity contribution in [2.75, 3.05) is 37.7 Å². The Kier molecular flexibility index (Phi) is 5.58. The van der Waals surface area contributed by atoms with Crippen LogP contribution < -0.4 is 15.0 Å². The van der Waals surface area contributed by atoms with Gasteiger partial charge in [0, 0.05) is 31.7 Å². The van der Waals surface area contributed by atoms with Gasteiger partial charge in [-0.25, -0.2) is 4.79 Å². The van der Waals surface area contributed by atoms with Crippen molar-refractivity contribution in [3.05, 3.63) is 24.3 Å². The van der Waals surface area contributed by atoms with E-state index in [1.165, 1.54) is 4.90 Å². The molecule has 0 radical (unpaired) electrons. The van der Waals surface area contributed by atoms with Gasteiger partial charge in [0.05, 0.1) is 12.5 Å². The summed E-state index contributed by atoms with van der Waals surface area (Å²) in [5, 5.41) is 2.50. The summed E-state index contributed by atoms with van der Waals surface area (Å²) >= 11 is 0. The van der Waals surface area contributed by atoms with E-state index < -0.39 is 30.4 Å². The van der Waals surface area contributed by atoms with Crippen molar-refractivity contribution in [2.24, 2.45) is 5.92 Å². The number of benzene rings is 1. The minimum absolute atomic E-state index is 0.0183. The lowest BCUT2D eigenvalue weighted by molar-refractivity contribution is -0.154. The van der Waals surface area contributed by atoms with Crippen molar-refractivity contribution in [3.63, 3.8) is 0 Å². The van der Waals surface area contributed by atoms with Crippen molar-refractivity contribution in [3.8, 4) is 5.75 Å². The van der Waals surface area contributed by atoms with Gasteiger partial charge >= 0.3 is 12.0 Å². The van der Waals surface area contributed by atoms with Gasteiger partial charge in [0.1, 0.15) is 5.75 Å². The molecule has 0 aromatic heterocycles. The highest BCUT2D eigenvalue weighted by Crippen LogP contribution is 2.27. The molecule has 9 heteroatoms. The number of nitrogens with zero attached hydrogens (tertiary/aromatic N) is 2. The number of carbonyl (C=O) groups excluding carboxylic acids is 4. The lowest BCUT2D eigenvalue weighted by Crippen LogP contribution is -2.38. The molecule has 27 heavy (non-hydrogen) atoms. The molecule has 1 atom stereocenters. The molecule has 1 aromatic rings. The van der Waals surface area contributed by atoms with E-state index in [1.807, 2.05) is 6.92 Å². The minimum Gasteiger partial charge on any atom is -0.494 e. The van der Waals surface area contributed by atoms with Crippen LogP contribution in [0.4, 0.5) is 10.5 Å². The highest BCUT2D eigenvalue weighted by Gasteiger charge is 2.37. The Bertz CT molecular complexity index is 748. The Hall–Kier alpha value is -3.10. The molecule has 1 aromatic carbocycles. The van der Waals surface area contributed by atoms with E-state index in [4.69, 9.17) is 9.47 Å². The first-order valence-electron chi connectivity index (χ1n) is 8.77. The van der Waals surface area contributed by atoms with Gasteiger partial charge in [-0.1, -0.05) is 0 Å². The summed E-state index contributed by atoms with van der Waals surface area (Å²) in [6, 6.07) is 6.54. The van der Waals surface area contributed by atoms with Crippen LogP contribution in [0.5, 0.6) is 5.75 Å². The van der Waals surface area contributed by atoms with Crippen LogP contribution in [0, 0.1) is 5.92 Å². The van der Waals surface area contributed by atoms with E-state index in [9.17, 15) is 19.2 Å². The largest absolute Gasteiger partial charge is 0.494 e. The molecule has 2 saturated heterocycles. The number of rotatable bonds is 6. The van der Waals surface area contributed by atoms with E-state index in [0.29, 0.717) is 24.6 Å². The second kappa shape index (κ2) is 8.07. The third-order valence-corrected chi connectivity index (χ3v) is 4.41. The van der Waals surface area contributed by atoms with Gasteiger partial charge in [-0.2, -0.15) is 0 Å². The number of amides is 4. The number of carbonyl (C=O) groups is 4. The van der Waals surface area contributed by atoms with Crippen LogP contribution in [0.1, 0.15) is 13.3 Å². The molecule has 0 bridgehead atoms. The smallest absolute Gasteiger partial charge is 0.324 e. The number of hydrogen-bond acceptors (Lipinski definition) is 6. The average Bonchev–Trinajstić information content (AvgIpc) is 3.26. The number of imide groups is 1. The first kappa shape index (κ1) is 18.7. The standard InChI is InChI=1S/C18H21N3O6/c1-2-26-14-5-3-13(4-6-14)21-10-12(9-15(21)22)17(24)27-11-16(23)20-8-7-19-18(20)25/h3-6,12H,2,7-11H2,1H3,(H,19,25). The van der Waals surface area contributed by atoms with Crippen LogP contribution in [0.3, 0.4) is 0 Å². The maximum absolute atomic E-state index is 12.2. The van der Waals surface area contributed by atoms with Crippen molar-refractivity contribution in [1.29, 1.82) is 0 Å². The first-order valence-corrected chi connectivity index (χ1v) is 8.77. The first-order chi connectivity index (χ1) is 13.0. The number of esters is 1. The predicted octanol–water partition coefficient (Wildman–Crippen LogP) is 0.533. The highest BCUT2D eigenvalue weighted by molar-refractivity contribution is 6.00. The topological polar surface area (TPSA) is 105 Å². The van der Waals surface area contributed by atoms with Gasteiger partial charge in [-0.15, -0.1) is 0 Å². The van der Waals surface area contributed by atoms with E-state index in [0.717, 1.165) is 4.90 Å². The molecule has 0 saturated carbocycles. The maximum atomic E-state index is 12.2. The van der Waals surface area contributed by atoms with Crippen LogP contribution in [-0.4, -0.2) is 61.6 Å². The molecular formula is C18H21N3O6. The predicted molar refractivity (Wildman–Crippen MR) is 94.1 cm³/mol. The van der Waals surface area contributed by atoms with Crippen LogP contribution in [0.15, 0.2) is 24.3 Å². The van der Waals surface area contributed by atoms with Gasteiger partial charge in [0.25, 0.3) is 5.91 Å². The monoisotopic (exact) mass is 375 g/mol. The molecule has 1 unspecified atom stereocenters. The van der Waals surface area contributed by atoms with E-state index in [2.05, 4.69) is 5.32 Å². The van der Waals surface area contributed by atoms with Crippen molar-refractivity contribution in [1.82, 2.24) is 10.2 Å². The molecule has 144 valence electrons. The molecule has 0 aliphatic carbocycles. The molecule has 2 aliphatic heterocycles. The SMILES string of the molecule is CCOc1ccc(N2CC(C(=O)OCC(=O)N3CCNC3=O)CC2=O)cc1. The summed E-state index contributed by atoms with van der Waals surface area (Å²) in [6.45, 7) is 2.74. The van der Waals surface area contributed by atoms with E-state index >= 15 is 0 Å². The molecule has 4 amide bonds. The zero-order chi connectivity index (χ0) is 19.4. The molecule has 3 rings (SSSR count). The summed E-state index contributed by atoms with van der Waals surface area (Å²) < 4.78 is 10.4. The number of urea groups is 1. The second-order valence-corrected chi connectivity index (χ2v) is 6.22. The van der Waals surface area contributed by atoms with Crippen LogP contribution >= 0.6 is 0 Å². The molecule has 0 spiro atoms. The number of anilines is 1. The van der Waals surface area contributed by atoms with Gasteiger partial charge in [0.2, 0.25) is 5.91 Å². The fraction of sp³-hybridized carbons (Fsp3) is 0.444. The summed E-state index contributed by atoms with van der Waals surface area (Å²) in [6.07, 6.45) is 0.0183. The van der Waals surface area contributed by atoms with Crippen molar-refractivity contribution < 1.29 is 28.7 Å². The third-order valence-electron chi connectivity index (χ3n) is 4.41. The van der Waals surface area contributed by atoms with E-state index in [1.54, 1.807) is 24.3 Å². The third kappa shape index (κ3) is 4.18. The lowest BCUT2D eigenvalue weighted by Gasteiger charge is -2.17. The normalized spacial score (nSPS) is 19.2. The fourth-order valence-corrected chi connectivity index (χ4v) is 3.04. The Morgan fingerprint density at radius 2 is 1.96 bits per heavy atom. The number of ether oxygens (including phenoxy) is 2. The molecular weight excluding hydrogens is 354 g/mol. The van der Waals surface area contributed by atoms with Crippen molar-refractivity contribution in [2.45, 2.75) is 13.3 Å². The summed E-state index contributed by atoms with van der Waals surface area (Å²) in [5.41, 5.74) is 0.670. The maximum Gasteiger partial charge on any atom is 0.324 e. The summed E-state index contributed by atoms with van der Waals surface area (Å²) in [5.74, 6) is -1.33. The van der Waals surface area contributed by atoms with Gasteiger partial charge < -0.3 is 19.7 Å². The molecule has 9 nitrogen and oxygen atoms in total. The zero-order valence-electron chi connectivity index (χ0n) is 15.0. The van der Waals surface area contributed by atoms with Crippen molar-refractivity contribution >= 4 is 29.5 Å². The number of hydrogen-bond donors (Lipinski definition) is 1. The van der Waals surface area contributed by atoms with Crippen LogP contribution in [-0.2, 0) is 19.1 Å². The van der Waals surface area contributed by atoms with Crippen LogP contribution in [0.2, 0.25) is 0 Å². The molecule has 2 heterocycles. The fourth-order valence-electron chi connectivity index (χ4n) is 3.04. The Balaban J connectivity index is 1.54. The quantitative estimate of drug-likeness (QED) is 0.728. The van der Waals surface area contributed by atoms with Gasteiger partial charge in [0.15, 0.2) is 6.61 Å². The van der Waals surface area contributed by atoms with Crippen LogP contribution in [0.25, 0.3) is 0 Å².